The van der Waals surface area contributed by atoms with E-state index in [1.165, 1.54) is 18.2 Å². The van der Waals surface area contributed by atoms with E-state index >= 15 is 0 Å². The van der Waals surface area contributed by atoms with E-state index in [1.807, 2.05) is 0 Å². The highest BCUT2D eigenvalue weighted by molar-refractivity contribution is 9.10. The SMILES string of the molecule is Cc1cc(Br)c(F)cc1NC(=O)c1ccc(Cl)nn1. The molecule has 7 heteroatoms. The molecule has 19 heavy (non-hydrogen) atoms. The van der Waals surface area contributed by atoms with Crippen molar-refractivity contribution < 1.29 is 9.18 Å². The Morgan fingerprint density at radius 1 is 1.37 bits per heavy atom. The molecule has 0 spiro atoms. The number of amides is 1. The minimum atomic E-state index is -0.478. The van der Waals surface area contributed by atoms with Crippen molar-refractivity contribution in [3.05, 3.63) is 51.0 Å². The topological polar surface area (TPSA) is 54.9 Å². The highest BCUT2D eigenvalue weighted by atomic mass is 79.9. The summed E-state index contributed by atoms with van der Waals surface area (Å²) in [5, 5.41) is 9.98. The Bertz CT molecular complexity index is 634. The summed E-state index contributed by atoms with van der Waals surface area (Å²) in [4.78, 5) is 11.9. The van der Waals surface area contributed by atoms with Crippen molar-refractivity contribution in [1.82, 2.24) is 10.2 Å². The van der Waals surface area contributed by atoms with Crippen LogP contribution in [0.3, 0.4) is 0 Å². The normalized spacial score (nSPS) is 10.3. The van der Waals surface area contributed by atoms with Gasteiger partial charge in [-0.05, 0) is 52.7 Å². The molecule has 0 fully saturated rings. The van der Waals surface area contributed by atoms with Crippen molar-refractivity contribution in [3.63, 3.8) is 0 Å². The van der Waals surface area contributed by atoms with E-state index in [2.05, 4.69) is 31.4 Å². The second-order valence-corrected chi connectivity index (χ2v) is 5.02. The van der Waals surface area contributed by atoms with E-state index in [0.717, 1.165) is 5.56 Å². The van der Waals surface area contributed by atoms with Crippen LogP contribution in [0.2, 0.25) is 5.15 Å². The van der Waals surface area contributed by atoms with Crippen molar-refractivity contribution in [2.75, 3.05) is 5.32 Å². The van der Waals surface area contributed by atoms with Gasteiger partial charge in [-0.3, -0.25) is 4.79 Å². The largest absolute Gasteiger partial charge is 0.320 e. The fourth-order valence-electron chi connectivity index (χ4n) is 1.40. The van der Waals surface area contributed by atoms with Crippen LogP contribution >= 0.6 is 27.5 Å². The monoisotopic (exact) mass is 343 g/mol. The molecule has 0 aliphatic rings. The van der Waals surface area contributed by atoms with E-state index in [0.29, 0.717) is 10.2 Å². The first-order valence-corrected chi connectivity index (χ1v) is 6.40. The number of aryl methyl sites for hydroxylation is 1. The summed E-state index contributed by atoms with van der Waals surface area (Å²) in [7, 11) is 0. The molecule has 1 aromatic heterocycles. The molecule has 2 aromatic rings. The lowest BCUT2D eigenvalue weighted by atomic mass is 10.2. The number of rotatable bonds is 2. The van der Waals surface area contributed by atoms with Gasteiger partial charge in [0, 0.05) is 5.69 Å². The lowest BCUT2D eigenvalue weighted by Gasteiger charge is -2.08. The minimum absolute atomic E-state index is 0.104. The van der Waals surface area contributed by atoms with Gasteiger partial charge in [-0.25, -0.2) is 4.39 Å². The lowest BCUT2D eigenvalue weighted by molar-refractivity contribution is 0.102. The lowest BCUT2D eigenvalue weighted by Crippen LogP contribution is -2.15. The van der Waals surface area contributed by atoms with E-state index < -0.39 is 11.7 Å². The van der Waals surface area contributed by atoms with Crippen molar-refractivity contribution in [2.45, 2.75) is 6.92 Å². The summed E-state index contributed by atoms with van der Waals surface area (Å²) < 4.78 is 13.8. The first kappa shape index (κ1) is 13.9. The predicted molar refractivity (Wildman–Crippen MR) is 73.8 cm³/mol. The summed E-state index contributed by atoms with van der Waals surface area (Å²) >= 11 is 8.65. The van der Waals surface area contributed by atoms with Gasteiger partial charge in [0.05, 0.1) is 4.47 Å². The second-order valence-electron chi connectivity index (χ2n) is 3.78. The van der Waals surface area contributed by atoms with Crippen LogP contribution in [-0.4, -0.2) is 16.1 Å². The fourth-order valence-corrected chi connectivity index (χ4v) is 1.96. The Kier molecular flexibility index (Phi) is 4.11. The van der Waals surface area contributed by atoms with E-state index in [-0.39, 0.29) is 10.8 Å². The van der Waals surface area contributed by atoms with Crippen LogP contribution in [0.5, 0.6) is 0 Å². The molecule has 4 nitrogen and oxygen atoms in total. The third-order valence-electron chi connectivity index (χ3n) is 2.38. The molecule has 98 valence electrons. The van der Waals surface area contributed by atoms with Crippen molar-refractivity contribution in [2.24, 2.45) is 0 Å². The number of benzene rings is 1. The second kappa shape index (κ2) is 5.63. The number of anilines is 1. The van der Waals surface area contributed by atoms with Gasteiger partial charge in [-0.2, -0.15) is 0 Å². The number of carbonyl (C=O) groups excluding carboxylic acids is 1. The summed E-state index contributed by atoms with van der Waals surface area (Å²) in [6.45, 7) is 1.76. The van der Waals surface area contributed by atoms with Crippen LogP contribution < -0.4 is 5.32 Å². The Morgan fingerprint density at radius 2 is 2.11 bits per heavy atom. The van der Waals surface area contributed by atoms with E-state index in [1.54, 1.807) is 13.0 Å². The fraction of sp³-hybridized carbons (Fsp3) is 0.0833. The zero-order valence-electron chi connectivity index (χ0n) is 9.75. The average Bonchev–Trinajstić information content (AvgIpc) is 2.36. The van der Waals surface area contributed by atoms with Gasteiger partial charge in [0.25, 0.3) is 5.91 Å². The molecular formula is C12H8BrClFN3O. The van der Waals surface area contributed by atoms with Gasteiger partial charge >= 0.3 is 0 Å². The molecule has 1 amide bonds. The van der Waals surface area contributed by atoms with Crippen molar-refractivity contribution >= 4 is 39.1 Å². The van der Waals surface area contributed by atoms with Crippen LogP contribution in [0.25, 0.3) is 0 Å². The molecule has 0 radical (unpaired) electrons. The maximum Gasteiger partial charge on any atom is 0.276 e. The molecule has 0 unspecified atom stereocenters. The zero-order chi connectivity index (χ0) is 14.0. The van der Waals surface area contributed by atoms with Crippen LogP contribution in [0, 0.1) is 12.7 Å². The van der Waals surface area contributed by atoms with Gasteiger partial charge < -0.3 is 5.32 Å². The number of carbonyl (C=O) groups is 1. The third kappa shape index (κ3) is 3.27. The van der Waals surface area contributed by atoms with Crippen molar-refractivity contribution in [3.8, 4) is 0 Å². The molecule has 1 aromatic carbocycles. The Balaban J connectivity index is 2.24. The number of nitrogens with one attached hydrogen (secondary N) is 1. The smallest absolute Gasteiger partial charge is 0.276 e. The number of halogens is 3. The highest BCUT2D eigenvalue weighted by Gasteiger charge is 2.12. The van der Waals surface area contributed by atoms with Crippen LogP contribution in [0.4, 0.5) is 10.1 Å². The predicted octanol–water partition coefficient (Wildman–Crippen LogP) is 3.59. The number of aromatic nitrogens is 2. The quantitative estimate of drug-likeness (QED) is 0.906. The number of hydrogen-bond acceptors (Lipinski definition) is 3. The molecule has 2 rings (SSSR count). The van der Waals surface area contributed by atoms with Gasteiger partial charge in [0.2, 0.25) is 0 Å². The van der Waals surface area contributed by atoms with Crippen LogP contribution in [0.15, 0.2) is 28.7 Å². The van der Waals surface area contributed by atoms with Gasteiger partial charge in [-0.15, -0.1) is 10.2 Å². The standard InChI is InChI=1S/C12H8BrClFN3O/c1-6-4-7(13)8(15)5-10(6)16-12(19)9-2-3-11(14)18-17-9/h2-5H,1H3,(H,16,19). The Hall–Kier alpha value is -1.53. The van der Waals surface area contributed by atoms with E-state index in [9.17, 15) is 9.18 Å². The van der Waals surface area contributed by atoms with Crippen LogP contribution in [-0.2, 0) is 0 Å². The molecule has 0 bridgehead atoms. The number of nitrogens with zero attached hydrogens (tertiary/aromatic N) is 2. The Labute approximate surface area is 122 Å². The summed E-state index contributed by atoms with van der Waals surface area (Å²) in [5.41, 5.74) is 1.21. The molecular weight excluding hydrogens is 337 g/mol. The summed E-state index contributed by atoms with van der Waals surface area (Å²) in [5.74, 6) is -0.933. The van der Waals surface area contributed by atoms with Gasteiger partial charge in [0.1, 0.15) is 5.82 Å². The summed E-state index contributed by atoms with van der Waals surface area (Å²) in [6.07, 6.45) is 0. The molecule has 1 N–H and O–H groups in total. The maximum absolute atomic E-state index is 13.4. The molecule has 0 saturated heterocycles. The Morgan fingerprint density at radius 3 is 2.74 bits per heavy atom. The van der Waals surface area contributed by atoms with Gasteiger partial charge in [0.15, 0.2) is 10.8 Å². The molecule has 0 atom stereocenters. The molecule has 0 aliphatic heterocycles. The third-order valence-corrected chi connectivity index (χ3v) is 3.19. The zero-order valence-corrected chi connectivity index (χ0v) is 12.1. The molecule has 1 heterocycles. The minimum Gasteiger partial charge on any atom is -0.320 e. The average molecular weight is 345 g/mol. The van der Waals surface area contributed by atoms with E-state index in [4.69, 9.17) is 11.6 Å². The molecule has 0 aliphatic carbocycles. The first-order chi connectivity index (χ1) is 8.97. The number of hydrogen-bond donors (Lipinski definition) is 1. The highest BCUT2D eigenvalue weighted by Crippen LogP contribution is 2.24. The van der Waals surface area contributed by atoms with Gasteiger partial charge in [-0.1, -0.05) is 11.6 Å². The molecule has 0 saturated carbocycles. The summed E-state index contributed by atoms with van der Waals surface area (Å²) in [6, 6.07) is 5.72. The maximum atomic E-state index is 13.4. The van der Waals surface area contributed by atoms with Crippen molar-refractivity contribution in [1.29, 1.82) is 0 Å². The first-order valence-electron chi connectivity index (χ1n) is 5.23. The van der Waals surface area contributed by atoms with Crippen LogP contribution in [0.1, 0.15) is 16.1 Å².